The van der Waals surface area contributed by atoms with Crippen LogP contribution >= 0.6 is 0 Å². The average molecular weight is 499 g/mol. The fourth-order valence-corrected chi connectivity index (χ4v) is 5.98. The molecule has 2 N–H and O–H groups in total. The van der Waals surface area contributed by atoms with Crippen LogP contribution in [0.3, 0.4) is 0 Å². The molecule has 1 aromatic heterocycles. The second kappa shape index (κ2) is 10.7. The Labute approximate surface area is 205 Å². The standard InChI is InChI=1S/C26H31FN4O3S/c1-18(2)30-35(33,34)17-20-9-7-6-8-19(20)16-28-26(32)25-23-10-4-3-5-11-24(23)31(29-25)22-14-12-21(27)13-15-22/h6-9,12-15,18,30H,3-5,10-11,16-17H2,1-2H3,(H,28,32). The molecular weight excluding hydrogens is 467 g/mol. The first-order valence-corrected chi connectivity index (χ1v) is 13.6. The van der Waals surface area contributed by atoms with Crippen molar-refractivity contribution in [3.8, 4) is 5.69 Å². The van der Waals surface area contributed by atoms with Gasteiger partial charge < -0.3 is 5.32 Å². The van der Waals surface area contributed by atoms with Crippen LogP contribution in [0.15, 0.2) is 48.5 Å². The number of benzene rings is 2. The Morgan fingerprint density at radius 3 is 2.43 bits per heavy atom. The molecule has 186 valence electrons. The molecule has 0 bridgehead atoms. The van der Waals surface area contributed by atoms with Crippen LogP contribution in [0.2, 0.25) is 0 Å². The second-order valence-corrected chi connectivity index (χ2v) is 11.0. The fraction of sp³-hybridized carbons (Fsp3) is 0.385. The van der Waals surface area contributed by atoms with Crippen LogP contribution in [-0.4, -0.2) is 30.1 Å². The van der Waals surface area contributed by atoms with Crippen LogP contribution in [0.5, 0.6) is 0 Å². The maximum absolute atomic E-state index is 13.5. The largest absolute Gasteiger partial charge is 0.347 e. The monoisotopic (exact) mass is 498 g/mol. The van der Waals surface area contributed by atoms with Crippen molar-refractivity contribution in [2.75, 3.05) is 0 Å². The maximum Gasteiger partial charge on any atom is 0.272 e. The van der Waals surface area contributed by atoms with Gasteiger partial charge in [-0.2, -0.15) is 5.10 Å². The summed E-state index contributed by atoms with van der Waals surface area (Å²) in [5, 5.41) is 7.57. The van der Waals surface area contributed by atoms with Gasteiger partial charge in [-0.3, -0.25) is 4.79 Å². The van der Waals surface area contributed by atoms with E-state index in [0.717, 1.165) is 54.6 Å². The third-order valence-corrected chi connectivity index (χ3v) is 7.56. The van der Waals surface area contributed by atoms with Gasteiger partial charge in [0.05, 0.1) is 11.4 Å². The van der Waals surface area contributed by atoms with E-state index in [1.165, 1.54) is 12.1 Å². The minimum Gasteiger partial charge on any atom is -0.347 e. The van der Waals surface area contributed by atoms with E-state index in [1.807, 2.05) is 12.1 Å². The van der Waals surface area contributed by atoms with Crippen LogP contribution in [0.4, 0.5) is 4.39 Å². The summed E-state index contributed by atoms with van der Waals surface area (Å²) in [4.78, 5) is 13.3. The number of aromatic nitrogens is 2. The lowest BCUT2D eigenvalue weighted by atomic mass is 10.1. The van der Waals surface area contributed by atoms with Gasteiger partial charge in [0, 0.05) is 23.8 Å². The van der Waals surface area contributed by atoms with E-state index in [-0.39, 0.29) is 30.1 Å². The third kappa shape index (κ3) is 6.15. The summed E-state index contributed by atoms with van der Waals surface area (Å²) in [6.45, 7) is 3.74. The van der Waals surface area contributed by atoms with Gasteiger partial charge in [-0.05, 0) is 74.9 Å². The van der Waals surface area contributed by atoms with Crippen molar-refractivity contribution >= 4 is 15.9 Å². The van der Waals surface area contributed by atoms with Gasteiger partial charge in [-0.1, -0.05) is 30.7 Å². The zero-order valence-electron chi connectivity index (χ0n) is 20.1. The Morgan fingerprint density at radius 1 is 1.03 bits per heavy atom. The molecule has 0 fully saturated rings. The van der Waals surface area contributed by atoms with Gasteiger partial charge in [0.15, 0.2) is 5.69 Å². The molecule has 0 radical (unpaired) electrons. The Balaban J connectivity index is 1.57. The summed E-state index contributed by atoms with van der Waals surface area (Å²) >= 11 is 0. The highest BCUT2D eigenvalue weighted by molar-refractivity contribution is 7.88. The summed E-state index contributed by atoms with van der Waals surface area (Å²) in [6, 6.07) is 13.1. The number of amides is 1. The second-order valence-electron chi connectivity index (χ2n) is 9.21. The number of nitrogens with one attached hydrogen (secondary N) is 2. The van der Waals surface area contributed by atoms with Crippen molar-refractivity contribution in [1.82, 2.24) is 19.8 Å². The van der Waals surface area contributed by atoms with Crippen LogP contribution < -0.4 is 10.0 Å². The minimum absolute atomic E-state index is 0.161. The first-order valence-electron chi connectivity index (χ1n) is 11.9. The summed E-state index contributed by atoms with van der Waals surface area (Å²) in [5.41, 5.74) is 4.39. The third-order valence-electron chi connectivity index (χ3n) is 6.04. The molecule has 4 rings (SSSR count). The Kier molecular flexibility index (Phi) is 7.66. The molecule has 0 saturated carbocycles. The Bertz CT molecular complexity index is 1300. The molecule has 0 atom stereocenters. The van der Waals surface area contributed by atoms with E-state index < -0.39 is 10.0 Å². The van der Waals surface area contributed by atoms with E-state index in [4.69, 9.17) is 0 Å². The molecule has 1 heterocycles. The molecule has 7 nitrogen and oxygen atoms in total. The van der Waals surface area contributed by atoms with Crippen molar-refractivity contribution in [2.24, 2.45) is 0 Å². The highest BCUT2D eigenvalue weighted by atomic mass is 32.2. The predicted molar refractivity (Wildman–Crippen MR) is 133 cm³/mol. The topological polar surface area (TPSA) is 93.1 Å². The van der Waals surface area contributed by atoms with E-state index in [0.29, 0.717) is 11.3 Å². The molecule has 0 spiro atoms. The lowest BCUT2D eigenvalue weighted by molar-refractivity contribution is 0.0944. The number of carbonyl (C=O) groups excluding carboxylic acids is 1. The smallest absolute Gasteiger partial charge is 0.272 e. The summed E-state index contributed by atoms with van der Waals surface area (Å²) in [6.07, 6.45) is 4.62. The van der Waals surface area contributed by atoms with Gasteiger partial charge >= 0.3 is 0 Å². The molecule has 0 saturated heterocycles. The van der Waals surface area contributed by atoms with Gasteiger partial charge in [0.25, 0.3) is 5.91 Å². The molecule has 1 aliphatic rings. The zero-order valence-corrected chi connectivity index (χ0v) is 20.9. The molecule has 3 aromatic rings. The van der Waals surface area contributed by atoms with E-state index in [1.54, 1.807) is 42.8 Å². The molecule has 1 aliphatic carbocycles. The maximum atomic E-state index is 13.5. The number of nitrogens with zero attached hydrogens (tertiary/aromatic N) is 2. The van der Waals surface area contributed by atoms with Crippen molar-refractivity contribution in [2.45, 2.75) is 64.3 Å². The number of fused-ring (bicyclic) bond motifs is 1. The SMILES string of the molecule is CC(C)NS(=O)(=O)Cc1ccccc1CNC(=O)c1nn(-c2ccc(F)cc2)c2c1CCCCC2. The van der Waals surface area contributed by atoms with Crippen LogP contribution in [0, 0.1) is 5.82 Å². The quantitative estimate of drug-likeness (QED) is 0.459. The van der Waals surface area contributed by atoms with Crippen molar-refractivity contribution in [1.29, 1.82) is 0 Å². The van der Waals surface area contributed by atoms with Gasteiger partial charge in [0.2, 0.25) is 10.0 Å². The van der Waals surface area contributed by atoms with E-state index >= 15 is 0 Å². The van der Waals surface area contributed by atoms with Gasteiger partial charge in [-0.15, -0.1) is 0 Å². The molecular formula is C26H31FN4O3S. The highest BCUT2D eigenvalue weighted by Crippen LogP contribution is 2.26. The van der Waals surface area contributed by atoms with Crippen molar-refractivity contribution < 1.29 is 17.6 Å². The summed E-state index contributed by atoms with van der Waals surface area (Å²) in [7, 11) is -3.50. The highest BCUT2D eigenvalue weighted by Gasteiger charge is 2.25. The summed E-state index contributed by atoms with van der Waals surface area (Å²) < 4.78 is 42.7. The normalized spacial score (nSPS) is 13.9. The van der Waals surface area contributed by atoms with Crippen LogP contribution in [0.1, 0.15) is 66.0 Å². The van der Waals surface area contributed by atoms with Gasteiger partial charge in [-0.25, -0.2) is 22.2 Å². The molecule has 0 unspecified atom stereocenters. The Hall–Kier alpha value is -3.04. The van der Waals surface area contributed by atoms with Crippen LogP contribution in [0.25, 0.3) is 5.69 Å². The fourth-order valence-electron chi connectivity index (χ4n) is 4.49. The number of rotatable bonds is 8. The van der Waals surface area contributed by atoms with Crippen molar-refractivity contribution in [3.63, 3.8) is 0 Å². The first kappa shape index (κ1) is 25.1. The number of hydrogen-bond acceptors (Lipinski definition) is 4. The molecule has 9 heteroatoms. The molecule has 2 aromatic carbocycles. The number of carbonyl (C=O) groups is 1. The lowest BCUT2D eigenvalue weighted by Crippen LogP contribution is -2.32. The molecule has 0 aliphatic heterocycles. The molecule has 1 amide bonds. The molecule has 35 heavy (non-hydrogen) atoms. The average Bonchev–Trinajstić information content (AvgIpc) is 2.98. The Morgan fingerprint density at radius 2 is 1.71 bits per heavy atom. The first-order chi connectivity index (χ1) is 16.7. The van der Waals surface area contributed by atoms with Gasteiger partial charge in [0.1, 0.15) is 5.82 Å². The predicted octanol–water partition coefficient (Wildman–Crippen LogP) is 4.04. The van der Waals surface area contributed by atoms with E-state index in [9.17, 15) is 17.6 Å². The van der Waals surface area contributed by atoms with Crippen molar-refractivity contribution in [3.05, 3.63) is 82.4 Å². The van der Waals surface area contributed by atoms with E-state index in [2.05, 4.69) is 15.1 Å². The number of hydrogen-bond donors (Lipinski definition) is 2. The summed E-state index contributed by atoms with van der Waals surface area (Å²) in [5.74, 6) is -0.789. The minimum atomic E-state index is -3.50. The zero-order chi connectivity index (χ0) is 25.0. The van der Waals surface area contributed by atoms with Crippen LogP contribution in [-0.2, 0) is 35.2 Å². The number of halogens is 1. The lowest BCUT2D eigenvalue weighted by Gasteiger charge is -2.13. The number of sulfonamides is 1.